The number of carbonyl (C=O) groups excluding carboxylic acids is 1. The van der Waals surface area contributed by atoms with Crippen LogP contribution in [0.4, 0.5) is 5.69 Å². The van der Waals surface area contributed by atoms with Crippen molar-refractivity contribution in [2.75, 3.05) is 5.32 Å². The maximum atomic E-state index is 11.9. The van der Waals surface area contributed by atoms with Crippen LogP contribution in [0.25, 0.3) is 0 Å². The van der Waals surface area contributed by atoms with Gasteiger partial charge in [-0.15, -0.1) is 6.42 Å². The van der Waals surface area contributed by atoms with Gasteiger partial charge in [0.15, 0.2) is 0 Å². The average Bonchev–Trinajstić information content (AvgIpc) is 2.39. The number of benzene rings is 1. The molecule has 1 aromatic carbocycles. The van der Waals surface area contributed by atoms with E-state index >= 15 is 0 Å². The first-order chi connectivity index (χ1) is 8.69. The number of anilines is 1. The summed E-state index contributed by atoms with van der Waals surface area (Å²) in [5.74, 6) is 2.20. The molecule has 0 aliphatic carbocycles. The second kappa shape index (κ2) is 5.35. The largest absolute Gasteiger partial charge is 0.321 e. The Hall–Kier alpha value is -2.31. The number of halogens is 1. The highest BCUT2D eigenvalue weighted by Crippen LogP contribution is 2.12. The first kappa shape index (κ1) is 12.2. The Bertz CT molecular complexity index is 614. The zero-order chi connectivity index (χ0) is 13.0. The van der Waals surface area contributed by atoms with Crippen LogP contribution in [0.3, 0.4) is 0 Å². The molecule has 88 valence electrons. The summed E-state index contributed by atoms with van der Waals surface area (Å²) < 4.78 is 0. The van der Waals surface area contributed by atoms with E-state index in [1.54, 1.807) is 36.4 Å². The van der Waals surface area contributed by atoms with Gasteiger partial charge in [0.1, 0.15) is 5.69 Å². The van der Waals surface area contributed by atoms with E-state index in [0.29, 0.717) is 22.0 Å². The van der Waals surface area contributed by atoms with Crippen LogP contribution in [-0.4, -0.2) is 10.9 Å². The standard InChI is InChI=1S/C14H9ClN2O/c1-2-10-4-3-5-12(8-10)17-14(18)13-7-6-11(15)9-16-13/h1,3-9H,(H,17,18). The maximum Gasteiger partial charge on any atom is 0.274 e. The van der Waals surface area contributed by atoms with Gasteiger partial charge in [-0.25, -0.2) is 4.98 Å². The second-order valence-electron chi connectivity index (χ2n) is 3.54. The topological polar surface area (TPSA) is 42.0 Å². The van der Waals surface area contributed by atoms with Gasteiger partial charge in [0.05, 0.1) is 5.02 Å². The smallest absolute Gasteiger partial charge is 0.274 e. The molecule has 18 heavy (non-hydrogen) atoms. The molecule has 0 unspecified atom stereocenters. The number of pyridine rings is 1. The molecule has 0 radical (unpaired) electrons. The number of nitrogens with zero attached hydrogens (tertiary/aromatic N) is 1. The Morgan fingerprint density at radius 2 is 2.17 bits per heavy atom. The van der Waals surface area contributed by atoms with E-state index in [2.05, 4.69) is 16.2 Å². The van der Waals surface area contributed by atoms with Gasteiger partial charge in [-0.05, 0) is 30.3 Å². The van der Waals surface area contributed by atoms with Crippen molar-refractivity contribution in [1.29, 1.82) is 0 Å². The van der Waals surface area contributed by atoms with Crippen LogP contribution in [0, 0.1) is 12.3 Å². The van der Waals surface area contributed by atoms with E-state index in [-0.39, 0.29) is 5.91 Å². The summed E-state index contributed by atoms with van der Waals surface area (Å²) >= 11 is 5.70. The van der Waals surface area contributed by atoms with Crippen LogP contribution in [0.1, 0.15) is 16.1 Å². The number of aromatic nitrogens is 1. The third-order valence-electron chi connectivity index (χ3n) is 2.25. The Kier molecular flexibility index (Phi) is 3.61. The molecular weight excluding hydrogens is 248 g/mol. The third-order valence-corrected chi connectivity index (χ3v) is 2.47. The summed E-state index contributed by atoms with van der Waals surface area (Å²) in [6.45, 7) is 0. The minimum atomic E-state index is -0.305. The zero-order valence-electron chi connectivity index (χ0n) is 9.35. The fourth-order valence-corrected chi connectivity index (χ4v) is 1.50. The Balaban J connectivity index is 2.16. The lowest BCUT2D eigenvalue weighted by atomic mass is 10.2. The monoisotopic (exact) mass is 256 g/mol. The molecule has 1 N–H and O–H groups in total. The lowest BCUT2D eigenvalue weighted by Gasteiger charge is -2.05. The molecule has 0 fully saturated rings. The number of terminal acetylenes is 1. The van der Waals surface area contributed by atoms with Gasteiger partial charge in [-0.1, -0.05) is 23.6 Å². The van der Waals surface area contributed by atoms with E-state index in [1.165, 1.54) is 6.20 Å². The molecule has 1 aromatic heterocycles. The predicted octanol–water partition coefficient (Wildman–Crippen LogP) is 2.97. The van der Waals surface area contributed by atoms with Gasteiger partial charge in [0.25, 0.3) is 5.91 Å². The quantitative estimate of drug-likeness (QED) is 0.840. The average molecular weight is 257 g/mol. The number of rotatable bonds is 2. The van der Waals surface area contributed by atoms with Crippen LogP contribution in [-0.2, 0) is 0 Å². The van der Waals surface area contributed by atoms with Crippen molar-refractivity contribution >= 4 is 23.2 Å². The first-order valence-electron chi connectivity index (χ1n) is 5.18. The third kappa shape index (κ3) is 2.88. The van der Waals surface area contributed by atoms with E-state index < -0.39 is 0 Å². The van der Waals surface area contributed by atoms with Gasteiger partial charge < -0.3 is 5.32 Å². The maximum absolute atomic E-state index is 11.9. The van der Waals surface area contributed by atoms with Crippen LogP contribution in [0.5, 0.6) is 0 Å². The molecule has 0 atom stereocenters. The van der Waals surface area contributed by atoms with Crippen molar-refractivity contribution in [2.45, 2.75) is 0 Å². The normalized spacial score (nSPS) is 9.56. The molecule has 0 bridgehead atoms. The zero-order valence-corrected chi connectivity index (χ0v) is 10.1. The summed E-state index contributed by atoms with van der Waals surface area (Å²) in [4.78, 5) is 15.8. The molecule has 1 heterocycles. The van der Waals surface area contributed by atoms with Crippen molar-refractivity contribution in [3.63, 3.8) is 0 Å². The molecule has 3 nitrogen and oxygen atoms in total. The number of hydrogen-bond acceptors (Lipinski definition) is 2. The number of carbonyl (C=O) groups is 1. The minimum absolute atomic E-state index is 0.297. The molecule has 0 saturated carbocycles. The summed E-state index contributed by atoms with van der Waals surface area (Å²) in [6, 6.07) is 10.2. The van der Waals surface area contributed by atoms with Gasteiger partial charge in [-0.2, -0.15) is 0 Å². The molecule has 0 aliphatic rings. The van der Waals surface area contributed by atoms with Crippen LogP contribution in [0.15, 0.2) is 42.6 Å². The second-order valence-corrected chi connectivity index (χ2v) is 3.98. The van der Waals surface area contributed by atoms with Crippen LogP contribution in [0.2, 0.25) is 5.02 Å². The molecular formula is C14H9ClN2O. The molecule has 0 saturated heterocycles. The summed E-state index contributed by atoms with van der Waals surface area (Å²) in [5, 5.41) is 3.20. The lowest BCUT2D eigenvalue weighted by Crippen LogP contribution is -2.13. The van der Waals surface area contributed by atoms with Crippen molar-refractivity contribution < 1.29 is 4.79 Å². The van der Waals surface area contributed by atoms with E-state index in [0.717, 1.165) is 0 Å². The van der Waals surface area contributed by atoms with Crippen LogP contribution >= 0.6 is 11.6 Å². The lowest BCUT2D eigenvalue weighted by molar-refractivity contribution is 0.102. The van der Waals surface area contributed by atoms with Crippen molar-refractivity contribution in [3.8, 4) is 12.3 Å². The SMILES string of the molecule is C#Cc1cccc(NC(=O)c2ccc(Cl)cn2)c1. The van der Waals surface area contributed by atoms with E-state index in [1.807, 2.05) is 0 Å². The Labute approximate surface area is 110 Å². The molecule has 0 aliphatic heterocycles. The van der Waals surface area contributed by atoms with Crippen molar-refractivity contribution in [2.24, 2.45) is 0 Å². The molecule has 1 amide bonds. The van der Waals surface area contributed by atoms with Gasteiger partial charge in [0, 0.05) is 17.4 Å². The highest BCUT2D eigenvalue weighted by Gasteiger charge is 2.07. The summed E-state index contributed by atoms with van der Waals surface area (Å²) in [7, 11) is 0. The van der Waals surface area contributed by atoms with Gasteiger partial charge >= 0.3 is 0 Å². The predicted molar refractivity (Wildman–Crippen MR) is 71.6 cm³/mol. The summed E-state index contributed by atoms with van der Waals surface area (Å²) in [5.41, 5.74) is 1.63. The van der Waals surface area contributed by atoms with Gasteiger partial charge in [-0.3, -0.25) is 4.79 Å². The van der Waals surface area contributed by atoms with Crippen LogP contribution < -0.4 is 5.32 Å². The molecule has 2 aromatic rings. The first-order valence-corrected chi connectivity index (χ1v) is 5.56. The number of nitrogens with one attached hydrogen (secondary N) is 1. The van der Waals surface area contributed by atoms with Crippen molar-refractivity contribution in [1.82, 2.24) is 4.98 Å². The fourth-order valence-electron chi connectivity index (χ4n) is 1.39. The Morgan fingerprint density at radius 3 is 2.83 bits per heavy atom. The minimum Gasteiger partial charge on any atom is -0.321 e. The van der Waals surface area contributed by atoms with Gasteiger partial charge in [0.2, 0.25) is 0 Å². The molecule has 2 rings (SSSR count). The molecule has 4 heteroatoms. The van der Waals surface area contributed by atoms with E-state index in [4.69, 9.17) is 18.0 Å². The molecule has 0 spiro atoms. The number of hydrogen-bond donors (Lipinski definition) is 1. The van der Waals surface area contributed by atoms with E-state index in [9.17, 15) is 4.79 Å². The number of amides is 1. The Morgan fingerprint density at radius 1 is 1.33 bits per heavy atom. The highest BCUT2D eigenvalue weighted by molar-refractivity contribution is 6.30. The fraction of sp³-hybridized carbons (Fsp3) is 0. The van der Waals surface area contributed by atoms with Crippen molar-refractivity contribution in [3.05, 3.63) is 58.9 Å². The summed E-state index contributed by atoms with van der Waals surface area (Å²) in [6.07, 6.45) is 6.71. The highest BCUT2D eigenvalue weighted by atomic mass is 35.5.